The Morgan fingerprint density at radius 3 is 2.70 bits per heavy atom. The van der Waals surface area contributed by atoms with E-state index in [1.807, 2.05) is 6.07 Å². The highest BCUT2D eigenvalue weighted by Crippen LogP contribution is 2.37. The molecule has 0 radical (unpaired) electrons. The molecular weight excluding hydrogens is 248 g/mol. The van der Waals surface area contributed by atoms with E-state index in [1.165, 1.54) is 12.8 Å². The lowest BCUT2D eigenvalue weighted by molar-refractivity contribution is 0.0466. The molecule has 2 rings (SSSR count). The molecule has 0 aromatic heterocycles. The van der Waals surface area contributed by atoms with Crippen LogP contribution < -0.4 is 10.5 Å². The standard InChI is InChI=1S/C17H24N2O/c1-11(2)14-6-4-12(3)8-17(14)20-16-7-5-13(10-18)9-15(16)19/h5,7,9,11-12,14,17H,4,6,8,19H2,1-3H3. The summed E-state index contributed by atoms with van der Waals surface area (Å²) < 4.78 is 6.20. The maximum Gasteiger partial charge on any atom is 0.142 e. The quantitative estimate of drug-likeness (QED) is 0.847. The van der Waals surface area contributed by atoms with Crippen molar-refractivity contribution < 1.29 is 4.74 Å². The number of nitrogen functional groups attached to an aromatic ring is 1. The van der Waals surface area contributed by atoms with Gasteiger partial charge in [-0.1, -0.05) is 27.2 Å². The third-order valence-electron chi connectivity index (χ3n) is 4.38. The molecule has 2 N–H and O–H groups in total. The van der Waals surface area contributed by atoms with E-state index in [4.69, 9.17) is 15.7 Å². The number of hydrogen-bond donors (Lipinski definition) is 1. The number of nitrogens with zero attached hydrogens (tertiary/aromatic N) is 1. The second kappa shape index (κ2) is 6.17. The molecule has 1 aliphatic rings. The number of nitrogens with two attached hydrogens (primary N) is 1. The van der Waals surface area contributed by atoms with Gasteiger partial charge in [-0.3, -0.25) is 0 Å². The zero-order chi connectivity index (χ0) is 14.7. The first-order valence-electron chi connectivity index (χ1n) is 7.47. The molecule has 1 saturated carbocycles. The van der Waals surface area contributed by atoms with Crippen molar-refractivity contribution in [1.29, 1.82) is 5.26 Å². The van der Waals surface area contributed by atoms with Crippen molar-refractivity contribution >= 4 is 5.69 Å². The van der Waals surface area contributed by atoms with Gasteiger partial charge in [0.15, 0.2) is 0 Å². The lowest BCUT2D eigenvalue weighted by Crippen LogP contribution is -2.36. The van der Waals surface area contributed by atoms with E-state index in [9.17, 15) is 0 Å². The number of hydrogen-bond acceptors (Lipinski definition) is 3. The molecule has 1 aliphatic carbocycles. The van der Waals surface area contributed by atoms with Crippen molar-refractivity contribution in [2.45, 2.75) is 46.1 Å². The second-order valence-electron chi connectivity index (χ2n) is 6.35. The Labute approximate surface area is 121 Å². The maximum absolute atomic E-state index is 8.88. The van der Waals surface area contributed by atoms with Gasteiger partial charge in [0.2, 0.25) is 0 Å². The van der Waals surface area contributed by atoms with Crippen LogP contribution in [0.25, 0.3) is 0 Å². The van der Waals surface area contributed by atoms with Gasteiger partial charge in [0.25, 0.3) is 0 Å². The minimum absolute atomic E-state index is 0.231. The average molecular weight is 272 g/mol. The summed E-state index contributed by atoms with van der Waals surface area (Å²) in [5.41, 5.74) is 7.13. The number of ether oxygens (including phenoxy) is 1. The monoisotopic (exact) mass is 272 g/mol. The predicted molar refractivity (Wildman–Crippen MR) is 81.3 cm³/mol. The van der Waals surface area contributed by atoms with Gasteiger partial charge >= 0.3 is 0 Å². The van der Waals surface area contributed by atoms with E-state index in [0.29, 0.717) is 34.8 Å². The Kier molecular flexibility index (Phi) is 4.54. The van der Waals surface area contributed by atoms with Crippen molar-refractivity contribution in [2.24, 2.45) is 17.8 Å². The van der Waals surface area contributed by atoms with E-state index in [1.54, 1.807) is 12.1 Å². The first-order valence-corrected chi connectivity index (χ1v) is 7.47. The largest absolute Gasteiger partial charge is 0.488 e. The van der Waals surface area contributed by atoms with Gasteiger partial charge < -0.3 is 10.5 Å². The number of nitriles is 1. The SMILES string of the molecule is CC1CCC(C(C)C)C(Oc2ccc(C#N)cc2N)C1. The smallest absolute Gasteiger partial charge is 0.142 e. The molecule has 3 unspecified atom stereocenters. The highest BCUT2D eigenvalue weighted by molar-refractivity contribution is 5.56. The molecule has 0 heterocycles. The van der Waals surface area contributed by atoms with E-state index >= 15 is 0 Å². The van der Waals surface area contributed by atoms with E-state index < -0.39 is 0 Å². The molecule has 20 heavy (non-hydrogen) atoms. The Hall–Kier alpha value is -1.69. The van der Waals surface area contributed by atoms with Crippen LogP contribution in [0.2, 0.25) is 0 Å². The normalized spacial score (nSPS) is 26.2. The molecule has 108 valence electrons. The Bertz CT molecular complexity index is 504. The molecule has 3 atom stereocenters. The lowest BCUT2D eigenvalue weighted by Gasteiger charge is -2.37. The summed E-state index contributed by atoms with van der Waals surface area (Å²) in [7, 11) is 0. The van der Waals surface area contributed by atoms with Crippen LogP contribution in [0.4, 0.5) is 5.69 Å². The van der Waals surface area contributed by atoms with Crippen LogP contribution in [0.1, 0.15) is 45.6 Å². The van der Waals surface area contributed by atoms with Crippen molar-refractivity contribution in [2.75, 3.05) is 5.73 Å². The minimum Gasteiger partial charge on any atom is -0.488 e. The fourth-order valence-corrected chi connectivity index (χ4v) is 3.14. The van der Waals surface area contributed by atoms with Crippen LogP contribution in [-0.2, 0) is 0 Å². The molecule has 3 nitrogen and oxygen atoms in total. The van der Waals surface area contributed by atoms with Gasteiger partial charge in [0.1, 0.15) is 11.9 Å². The molecule has 0 saturated heterocycles. The van der Waals surface area contributed by atoms with Crippen molar-refractivity contribution in [3.05, 3.63) is 23.8 Å². The van der Waals surface area contributed by atoms with Crippen LogP contribution >= 0.6 is 0 Å². The van der Waals surface area contributed by atoms with Crippen molar-refractivity contribution in [1.82, 2.24) is 0 Å². The summed E-state index contributed by atoms with van der Waals surface area (Å²) >= 11 is 0. The third kappa shape index (κ3) is 3.25. The molecule has 1 aromatic carbocycles. The van der Waals surface area contributed by atoms with Gasteiger partial charge in [0, 0.05) is 0 Å². The highest BCUT2D eigenvalue weighted by atomic mass is 16.5. The van der Waals surface area contributed by atoms with Crippen molar-refractivity contribution in [3.63, 3.8) is 0 Å². The Morgan fingerprint density at radius 2 is 2.10 bits per heavy atom. The summed E-state index contributed by atoms with van der Waals surface area (Å²) in [6, 6.07) is 7.37. The van der Waals surface area contributed by atoms with Gasteiger partial charge in [0.05, 0.1) is 17.3 Å². The molecule has 1 fully saturated rings. The van der Waals surface area contributed by atoms with E-state index in [2.05, 4.69) is 26.8 Å². The zero-order valence-corrected chi connectivity index (χ0v) is 12.6. The summed E-state index contributed by atoms with van der Waals surface area (Å²) in [6.45, 7) is 6.81. The van der Waals surface area contributed by atoms with Crippen LogP contribution in [-0.4, -0.2) is 6.10 Å². The second-order valence-corrected chi connectivity index (χ2v) is 6.35. The molecule has 0 amide bonds. The van der Waals surface area contributed by atoms with Gasteiger partial charge in [-0.15, -0.1) is 0 Å². The fourth-order valence-electron chi connectivity index (χ4n) is 3.14. The Morgan fingerprint density at radius 1 is 1.35 bits per heavy atom. The topological polar surface area (TPSA) is 59.0 Å². The molecule has 1 aromatic rings. The molecule has 0 bridgehead atoms. The molecule has 0 spiro atoms. The maximum atomic E-state index is 8.88. The zero-order valence-electron chi connectivity index (χ0n) is 12.6. The summed E-state index contributed by atoms with van der Waals surface area (Å²) in [5.74, 6) is 2.62. The Balaban J connectivity index is 2.16. The number of benzene rings is 1. The molecule has 3 heteroatoms. The summed E-state index contributed by atoms with van der Waals surface area (Å²) in [6.07, 6.45) is 3.82. The van der Waals surface area contributed by atoms with Gasteiger partial charge in [-0.2, -0.15) is 5.26 Å². The highest BCUT2D eigenvalue weighted by Gasteiger charge is 2.32. The van der Waals surface area contributed by atoms with Crippen LogP contribution in [0.15, 0.2) is 18.2 Å². The van der Waals surface area contributed by atoms with E-state index in [-0.39, 0.29) is 6.10 Å². The minimum atomic E-state index is 0.231. The summed E-state index contributed by atoms with van der Waals surface area (Å²) in [4.78, 5) is 0. The predicted octanol–water partition coefficient (Wildman–Crippen LogP) is 3.98. The van der Waals surface area contributed by atoms with Crippen LogP contribution in [0.5, 0.6) is 5.75 Å². The molecule has 0 aliphatic heterocycles. The lowest BCUT2D eigenvalue weighted by atomic mass is 9.75. The first kappa shape index (κ1) is 14.7. The van der Waals surface area contributed by atoms with Crippen LogP contribution in [0, 0.1) is 29.1 Å². The molecular formula is C17H24N2O. The van der Waals surface area contributed by atoms with Gasteiger partial charge in [-0.25, -0.2) is 0 Å². The van der Waals surface area contributed by atoms with Crippen molar-refractivity contribution in [3.8, 4) is 11.8 Å². The summed E-state index contributed by atoms with van der Waals surface area (Å²) in [5, 5.41) is 8.88. The van der Waals surface area contributed by atoms with E-state index in [0.717, 1.165) is 6.42 Å². The number of anilines is 1. The van der Waals surface area contributed by atoms with Crippen LogP contribution in [0.3, 0.4) is 0 Å². The first-order chi connectivity index (χ1) is 9.51. The fraction of sp³-hybridized carbons (Fsp3) is 0.588. The number of rotatable bonds is 3. The van der Waals surface area contributed by atoms with Gasteiger partial charge in [-0.05, 0) is 48.8 Å². The average Bonchev–Trinajstić information content (AvgIpc) is 2.40. The third-order valence-corrected chi connectivity index (χ3v) is 4.38.